The highest BCUT2D eigenvalue weighted by atomic mass is 35.5. The lowest BCUT2D eigenvalue weighted by molar-refractivity contribution is 0.0996. The summed E-state index contributed by atoms with van der Waals surface area (Å²) >= 11 is 6.16. The second kappa shape index (κ2) is 6.95. The van der Waals surface area contributed by atoms with Crippen LogP contribution in [0.4, 0.5) is 5.69 Å². The van der Waals surface area contributed by atoms with E-state index in [1.54, 1.807) is 50.2 Å². The second-order valence-corrected chi connectivity index (χ2v) is 6.16. The van der Waals surface area contributed by atoms with Crippen LogP contribution < -0.4 is 5.32 Å². The van der Waals surface area contributed by atoms with Crippen LogP contribution >= 0.6 is 11.6 Å². The van der Waals surface area contributed by atoms with Gasteiger partial charge < -0.3 is 10.3 Å². The molecule has 0 bridgehead atoms. The fraction of sp³-hybridized carbons (Fsp3) is 0.100. The van der Waals surface area contributed by atoms with Crippen molar-refractivity contribution in [3.05, 3.63) is 87.7 Å². The lowest BCUT2D eigenvalue weighted by Gasteiger charge is -2.09. The Kier molecular flexibility index (Phi) is 4.72. The Morgan fingerprint density at radius 2 is 1.48 bits per heavy atom. The van der Waals surface area contributed by atoms with E-state index in [1.807, 2.05) is 18.2 Å². The molecule has 0 aliphatic carbocycles. The molecule has 0 fully saturated rings. The van der Waals surface area contributed by atoms with Gasteiger partial charge in [-0.05, 0) is 38.1 Å². The Labute approximate surface area is 150 Å². The number of H-pyrrole nitrogens is 1. The van der Waals surface area contributed by atoms with Gasteiger partial charge in [-0.1, -0.05) is 41.9 Å². The highest BCUT2D eigenvalue weighted by Crippen LogP contribution is 2.26. The number of carbonyl (C=O) groups excluding carboxylic acids is 2. The van der Waals surface area contributed by atoms with Crippen LogP contribution in [0.15, 0.2) is 54.6 Å². The fourth-order valence-corrected chi connectivity index (χ4v) is 3.07. The SMILES string of the molecule is Cc1[nH]c(C)c(C(=O)c2ccccc2Cl)c1C(=O)Nc1ccccc1. The third-order valence-electron chi connectivity index (χ3n) is 3.98. The number of hydrogen-bond donors (Lipinski definition) is 2. The number of aromatic nitrogens is 1. The lowest BCUT2D eigenvalue weighted by atomic mass is 9.98. The van der Waals surface area contributed by atoms with Crippen molar-refractivity contribution < 1.29 is 9.59 Å². The molecule has 3 aromatic rings. The molecule has 1 amide bonds. The van der Waals surface area contributed by atoms with E-state index in [0.29, 0.717) is 38.8 Å². The Bertz CT molecular complexity index is 946. The number of carbonyl (C=O) groups is 2. The Morgan fingerprint density at radius 1 is 0.880 bits per heavy atom. The summed E-state index contributed by atoms with van der Waals surface area (Å²) in [6.07, 6.45) is 0. The topological polar surface area (TPSA) is 62.0 Å². The van der Waals surface area contributed by atoms with Crippen LogP contribution in [-0.4, -0.2) is 16.7 Å². The van der Waals surface area contributed by atoms with Crippen molar-refractivity contribution in [2.45, 2.75) is 13.8 Å². The molecule has 0 radical (unpaired) electrons. The molecule has 25 heavy (non-hydrogen) atoms. The minimum atomic E-state index is -0.330. The molecule has 2 N–H and O–H groups in total. The van der Waals surface area contributed by atoms with Gasteiger partial charge in [-0.3, -0.25) is 9.59 Å². The maximum absolute atomic E-state index is 13.0. The molecule has 4 nitrogen and oxygen atoms in total. The third kappa shape index (κ3) is 3.35. The molecule has 1 heterocycles. The Balaban J connectivity index is 2.03. The van der Waals surface area contributed by atoms with Crippen molar-refractivity contribution in [3.8, 4) is 0 Å². The molecule has 126 valence electrons. The maximum Gasteiger partial charge on any atom is 0.258 e. The zero-order chi connectivity index (χ0) is 18.0. The van der Waals surface area contributed by atoms with Crippen molar-refractivity contribution in [1.29, 1.82) is 0 Å². The smallest absolute Gasteiger partial charge is 0.258 e. The summed E-state index contributed by atoms with van der Waals surface area (Å²) in [7, 11) is 0. The molecular formula is C20H17ClN2O2. The van der Waals surface area contributed by atoms with Crippen LogP contribution in [0.25, 0.3) is 0 Å². The Hall–Kier alpha value is -2.85. The van der Waals surface area contributed by atoms with Crippen molar-refractivity contribution in [2.24, 2.45) is 0 Å². The van der Waals surface area contributed by atoms with Gasteiger partial charge in [0.1, 0.15) is 0 Å². The van der Waals surface area contributed by atoms with Crippen LogP contribution in [0, 0.1) is 13.8 Å². The average molecular weight is 353 g/mol. The number of rotatable bonds is 4. The van der Waals surface area contributed by atoms with Crippen LogP contribution in [0.5, 0.6) is 0 Å². The van der Waals surface area contributed by atoms with Crippen molar-refractivity contribution in [2.75, 3.05) is 5.32 Å². The van der Waals surface area contributed by atoms with E-state index >= 15 is 0 Å². The normalized spacial score (nSPS) is 10.5. The molecule has 0 unspecified atom stereocenters. The summed E-state index contributed by atoms with van der Waals surface area (Å²) in [5.74, 6) is -0.603. The second-order valence-electron chi connectivity index (χ2n) is 5.75. The monoisotopic (exact) mass is 352 g/mol. The minimum Gasteiger partial charge on any atom is -0.361 e. The molecule has 0 saturated heterocycles. The Morgan fingerprint density at radius 3 is 2.16 bits per heavy atom. The number of hydrogen-bond acceptors (Lipinski definition) is 2. The predicted molar refractivity (Wildman–Crippen MR) is 99.5 cm³/mol. The highest BCUT2D eigenvalue weighted by Gasteiger charge is 2.26. The molecule has 1 aromatic heterocycles. The first-order valence-corrected chi connectivity index (χ1v) is 8.21. The predicted octanol–water partition coefficient (Wildman–Crippen LogP) is 4.77. The number of anilines is 1. The number of ketones is 1. The quantitative estimate of drug-likeness (QED) is 0.664. The average Bonchev–Trinajstić information content (AvgIpc) is 2.89. The van der Waals surface area contributed by atoms with Crippen molar-refractivity contribution in [3.63, 3.8) is 0 Å². The molecule has 0 atom stereocenters. The van der Waals surface area contributed by atoms with Crippen LogP contribution in [0.3, 0.4) is 0 Å². The van der Waals surface area contributed by atoms with E-state index in [1.165, 1.54) is 0 Å². The molecule has 0 aliphatic rings. The summed E-state index contributed by atoms with van der Waals surface area (Å²) < 4.78 is 0. The van der Waals surface area contributed by atoms with Gasteiger partial charge in [0.05, 0.1) is 16.1 Å². The van der Waals surface area contributed by atoms with Crippen LogP contribution in [0.1, 0.15) is 37.7 Å². The van der Waals surface area contributed by atoms with Gasteiger partial charge in [0, 0.05) is 22.6 Å². The molecule has 5 heteroatoms. The summed E-state index contributed by atoms with van der Waals surface area (Å²) in [4.78, 5) is 28.9. The number of benzene rings is 2. The number of aryl methyl sites for hydroxylation is 2. The van der Waals surface area contributed by atoms with Gasteiger partial charge in [-0.15, -0.1) is 0 Å². The number of para-hydroxylation sites is 1. The molecule has 2 aromatic carbocycles. The summed E-state index contributed by atoms with van der Waals surface area (Å²) in [6, 6.07) is 16.0. The first kappa shape index (κ1) is 17.0. The number of aromatic amines is 1. The zero-order valence-corrected chi connectivity index (χ0v) is 14.6. The van der Waals surface area contributed by atoms with Crippen LogP contribution in [0.2, 0.25) is 5.02 Å². The number of halogens is 1. The van der Waals surface area contributed by atoms with E-state index in [4.69, 9.17) is 11.6 Å². The van der Waals surface area contributed by atoms with Gasteiger partial charge in [-0.2, -0.15) is 0 Å². The van der Waals surface area contributed by atoms with Gasteiger partial charge >= 0.3 is 0 Å². The van der Waals surface area contributed by atoms with E-state index in [0.717, 1.165) is 0 Å². The lowest BCUT2D eigenvalue weighted by Crippen LogP contribution is -2.17. The minimum absolute atomic E-state index is 0.273. The van der Waals surface area contributed by atoms with Gasteiger partial charge in [-0.25, -0.2) is 0 Å². The molecule has 0 aliphatic heterocycles. The fourth-order valence-electron chi connectivity index (χ4n) is 2.84. The van der Waals surface area contributed by atoms with Gasteiger partial charge in [0.15, 0.2) is 5.78 Å². The number of nitrogens with one attached hydrogen (secondary N) is 2. The van der Waals surface area contributed by atoms with Gasteiger partial charge in [0.25, 0.3) is 5.91 Å². The molecule has 0 spiro atoms. The van der Waals surface area contributed by atoms with Crippen molar-refractivity contribution >= 4 is 29.0 Å². The first-order chi connectivity index (χ1) is 12.0. The number of amides is 1. The van der Waals surface area contributed by atoms with E-state index in [-0.39, 0.29) is 11.7 Å². The van der Waals surface area contributed by atoms with Crippen LogP contribution in [-0.2, 0) is 0 Å². The maximum atomic E-state index is 13.0. The standard InChI is InChI=1S/C20H17ClN2O2/c1-12-17(19(24)15-10-6-7-11-16(15)21)18(13(2)22-12)20(25)23-14-8-4-3-5-9-14/h3-11,22H,1-2H3,(H,23,25). The summed E-state index contributed by atoms with van der Waals surface area (Å²) in [5.41, 5.74) is 3.01. The zero-order valence-electron chi connectivity index (χ0n) is 13.9. The van der Waals surface area contributed by atoms with E-state index < -0.39 is 0 Å². The summed E-state index contributed by atoms with van der Waals surface area (Å²) in [6.45, 7) is 3.55. The molecule has 3 rings (SSSR count). The first-order valence-electron chi connectivity index (χ1n) is 7.84. The van der Waals surface area contributed by atoms with Gasteiger partial charge in [0.2, 0.25) is 0 Å². The molecular weight excluding hydrogens is 336 g/mol. The van der Waals surface area contributed by atoms with E-state index in [9.17, 15) is 9.59 Å². The third-order valence-corrected chi connectivity index (χ3v) is 4.31. The summed E-state index contributed by atoms with van der Waals surface area (Å²) in [5, 5.41) is 3.19. The molecule has 0 saturated carbocycles. The van der Waals surface area contributed by atoms with Crippen molar-refractivity contribution in [1.82, 2.24) is 4.98 Å². The highest BCUT2D eigenvalue weighted by molar-refractivity contribution is 6.35. The van der Waals surface area contributed by atoms with E-state index in [2.05, 4.69) is 10.3 Å². The largest absolute Gasteiger partial charge is 0.361 e.